The summed E-state index contributed by atoms with van der Waals surface area (Å²) < 4.78 is 22.1. The van der Waals surface area contributed by atoms with E-state index in [1.54, 1.807) is 0 Å². The largest absolute Gasteiger partial charge is 0.480 e. The molecule has 0 aliphatic heterocycles. The molecule has 1 atom stereocenters. The molecule has 2 N–H and O–H groups in total. The maximum absolute atomic E-state index is 11.9. The van der Waals surface area contributed by atoms with Gasteiger partial charge < -0.3 is 10.4 Å². The summed E-state index contributed by atoms with van der Waals surface area (Å²) in [7, 11) is -3.34. The van der Waals surface area contributed by atoms with Gasteiger partial charge in [-0.15, -0.1) is 0 Å². The van der Waals surface area contributed by atoms with Crippen LogP contribution in [-0.2, 0) is 14.6 Å². The van der Waals surface area contributed by atoms with Gasteiger partial charge in [-0.3, -0.25) is 4.79 Å². The van der Waals surface area contributed by atoms with Gasteiger partial charge >= 0.3 is 5.97 Å². The van der Waals surface area contributed by atoms with Crippen molar-refractivity contribution < 1.29 is 23.1 Å². The number of aliphatic carboxylic acids is 1. The zero-order valence-electron chi connectivity index (χ0n) is 10.8. The first-order chi connectivity index (χ1) is 9.60. The number of amides is 1. The fourth-order valence-electron chi connectivity index (χ4n) is 1.41. The van der Waals surface area contributed by atoms with Crippen LogP contribution in [0.3, 0.4) is 0 Å². The first-order valence-electron chi connectivity index (χ1n) is 5.63. The lowest BCUT2D eigenvalue weighted by molar-refractivity contribution is -0.139. The number of nitrogens with one attached hydrogen (secondary N) is 1. The normalized spacial score (nSPS) is 12.7. The molecule has 7 nitrogen and oxygen atoms in total. The minimum atomic E-state index is -3.34. The maximum atomic E-state index is 11.9. The monoisotopic (exact) mass is 354 g/mol. The number of hydrogen-bond acceptors (Lipinski definition) is 5. The predicted molar refractivity (Wildman–Crippen MR) is 77.5 cm³/mol. The Kier molecular flexibility index (Phi) is 5.94. The van der Waals surface area contributed by atoms with Gasteiger partial charge in [-0.25, -0.2) is 18.2 Å². The van der Waals surface area contributed by atoms with Gasteiger partial charge in [0.1, 0.15) is 26.2 Å². The quantitative estimate of drug-likeness (QED) is 0.736. The molecule has 21 heavy (non-hydrogen) atoms. The number of hydrogen-bond donors (Lipinski definition) is 2. The third kappa shape index (κ3) is 5.86. The third-order valence-corrected chi connectivity index (χ3v) is 3.92. The molecule has 0 aromatic carbocycles. The molecule has 0 bridgehead atoms. The van der Waals surface area contributed by atoms with Gasteiger partial charge in [0.05, 0.1) is 11.3 Å². The van der Waals surface area contributed by atoms with Crippen LogP contribution < -0.4 is 5.32 Å². The number of aromatic nitrogens is 1. The highest BCUT2D eigenvalue weighted by Crippen LogP contribution is 2.16. The van der Waals surface area contributed by atoms with E-state index < -0.39 is 27.8 Å². The number of rotatable bonds is 6. The Morgan fingerprint density at radius 2 is 2.00 bits per heavy atom. The van der Waals surface area contributed by atoms with E-state index in [0.717, 1.165) is 6.26 Å². The van der Waals surface area contributed by atoms with Gasteiger partial charge in [-0.2, -0.15) is 0 Å². The Hall–Kier alpha value is -1.38. The molecule has 0 saturated carbocycles. The van der Waals surface area contributed by atoms with Gasteiger partial charge in [-0.05, 0) is 18.6 Å². The van der Waals surface area contributed by atoms with Crippen molar-refractivity contribution in [2.75, 3.05) is 12.0 Å². The average Bonchev–Trinajstić information content (AvgIpc) is 2.32. The van der Waals surface area contributed by atoms with Crippen LogP contribution in [0.15, 0.2) is 12.1 Å². The Morgan fingerprint density at radius 3 is 2.48 bits per heavy atom. The molecule has 116 valence electrons. The predicted octanol–water partition coefficient (Wildman–Crippen LogP) is 1.01. The van der Waals surface area contributed by atoms with E-state index in [1.807, 2.05) is 0 Å². The summed E-state index contributed by atoms with van der Waals surface area (Å²) in [5.41, 5.74) is -0.0494. The number of nitrogens with zero attached hydrogens (tertiary/aromatic N) is 1. The van der Waals surface area contributed by atoms with Gasteiger partial charge in [-0.1, -0.05) is 23.2 Å². The molecule has 10 heteroatoms. The van der Waals surface area contributed by atoms with Crippen molar-refractivity contribution in [3.8, 4) is 0 Å². The van der Waals surface area contributed by atoms with Gasteiger partial charge in [0.2, 0.25) is 0 Å². The van der Waals surface area contributed by atoms with Crippen molar-refractivity contribution in [2.45, 2.75) is 12.5 Å². The zero-order valence-corrected chi connectivity index (χ0v) is 13.2. The molecule has 0 saturated heterocycles. The zero-order chi connectivity index (χ0) is 16.2. The second-order valence-electron chi connectivity index (χ2n) is 4.26. The van der Waals surface area contributed by atoms with Crippen molar-refractivity contribution in [2.24, 2.45) is 0 Å². The summed E-state index contributed by atoms with van der Waals surface area (Å²) in [6.45, 7) is 0. The molecule has 1 aromatic heterocycles. The van der Waals surface area contributed by atoms with E-state index in [4.69, 9.17) is 28.3 Å². The number of carbonyl (C=O) groups excluding carboxylic acids is 1. The van der Waals surface area contributed by atoms with Crippen LogP contribution in [0.2, 0.25) is 10.3 Å². The number of carboxylic acids is 1. The van der Waals surface area contributed by atoms with Gasteiger partial charge in [0, 0.05) is 6.26 Å². The SMILES string of the molecule is CS(=O)(=O)CCC(NC(=O)c1ccc(Cl)nc1Cl)C(=O)O. The van der Waals surface area contributed by atoms with Crippen molar-refractivity contribution in [3.05, 3.63) is 28.0 Å². The minimum Gasteiger partial charge on any atom is -0.480 e. The highest BCUT2D eigenvalue weighted by Gasteiger charge is 2.23. The topological polar surface area (TPSA) is 113 Å². The molecule has 0 radical (unpaired) electrons. The summed E-state index contributed by atoms with van der Waals surface area (Å²) >= 11 is 11.3. The second-order valence-corrected chi connectivity index (χ2v) is 7.26. The number of carbonyl (C=O) groups is 2. The van der Waals surface area contributed by atoms with Crippen molar-refractivity contribution >= 4 is 44.9 Å². The van der Waals surface area contributed by atoms with E-state index in [2.05, 4.69) is 10.3 Å². The summed E-state index contributed by atoms with van der Waals surface area (Å²) in [6.07, 6.45) is 0.728. The maximum Gasteiger partial charge on any atom is 0.326 e. The van der Waals surface area contributed by atoms with E-state index >= 15 is 0 Å². The van der Waals surface area contributed by atoms with Crippen molar-refractivity contribution in [1.82, 2.24) is 10.3 Å². The molecule has 0 fully saturated rings. The van der Waals surface area contributed by atoms with Crippen LogP contribution in [0.5, 0.6) is 0 Å². The Morgan fingerprint density at radius 1 is 1.38 bits per heavy atom. The van der Waals surface area contributed by atoms with E-state index in [0.29, 0.717) is 0 Å². The lowest BCUT2D eigenvalue weighted by Crippen LogP contribution is -2.42. The summed E-state index contributed by atoms with van der Waals surface area (Å²) in [5.74, 6) is -2.48. The second kappa shape index (κ2) is 7.06. The molecule has 0 aliphatic carbocycles. The van der Waals surface area contributed by atoms with Crippen LogP contribution in [0, 0.1) is 0 Å². The lowest BCUT2D eigenvalue weighted by atomic mass is 10.2. The summed E-state index contributed by atoms with van der Waals surface area (Å²) in [5, 5.41) is 11.1. The minimum absolute atomic E-state index is 0.0494. The third-order valence-electron chi connectivity index (χ3n) is 2.44. The molecular weight excluding hydrogens is 343 g/mol. The average molecular weight is 355 g/mol. The molecule has 1 unspecified atom stereocenters. The molecule has 0 aliphatic rings. The summed E-state index contributed by atoms with van der Waals surface area (Å²) in [6, 6.07) is 1.27. The van der Waals surface area contributed by atoms with Gasteiger partial charge in [0.15, 0.2) is 0 Å². The molecule has 1 aromatic rings. The Bertz CT molecular complexity index is 663. The molecule has 1 amide bonds. The summed E-state index contributed by atoms with van der Waals surface area (Å²) in [4.78, 5) is 26.6. The van der Waals surface area contributed by atoms with Crippen LogP contribution in [0.25, 0.3) is 0 Å². The van der Waals surface area contributed by atoms with Crippen LogP contribution >= 0.6 is 23.2 Å². The van der Waals surface area contributed by atoms with Crippen molar-refractivity contribution in [1.29, 1.82) is 0 Å². The van der Waals surface area contributed by atoms with E-state index in [9.17, 15) is 18.0 Å². The first-order valence-corrected chi connectivity index (χ1v) is 8.45. The fraction of sp³-hybridized carbons (Fsp3) is 0.364. The fourth-order valence-corrected chi connectivity index (χ4v) is 2.50. The lowest BCUT2D eigenvalue weighted by Gasteiger charge is -2.14. The van der Waals surface area contributed by atoms with E-state index in [1.165, 1.54) is 12.1 Å². The molecular formula is C11H12Cl2N2O5S. The first kappa shape index (κ1) is 17.7. The molecule has 1 rings (SSSR count). The van der Waals surface area contributed by atoms with Crippen LogP contribution in [0.1, 0.15) is 16.8 Å². The number of pyridine rings is 1. The Labute approximate surface area is 131 Å². The van der Waals surface area contributed by atoms with Crippen LogP contribution in [-0.4, -0.2) is 48.4 Å². The van der Waals surface area contributed by atoms with Crippen molar-refractivity contribution in [3.63, 3.8) is 0 Å². The molecule has 0 spiro atoms. The highest BCUT2D eigenvalue weighted by atomic mass is 35.5. The van der Waals surface area contributed by atoms with Gasteiger partial charge in [0.25, 0.3) is 5.91 Å². The highest BCUT2D eigenvalue weighted by molar-refractivity contribution is 7.90. The van der Waals surface area contributed by atoms with Crippen LogP contribution in [0.4, 0.5) is 0 Å². The molecule has 1 heterocycles. The number of halogens is 2. The number of carboxylic acid groups (broad SMARTS) is 1. The number of sulfone groups is 1. The smallest absolute Gasteiger partial charge is 0.326 e. The standard InChI is InChI=1S/C11H12Cl2N2O5S/c1-21(19,20)5-4-7(11(17)18)14-10(16)6-2-3-8(12)15-9(6)13/h2-3,7H,4-5H2,1H3,(H,14,16)(H,17,18). The Balaban J connectivity index is 2.84. The van der Waals surface area contributed by atoms with E-state index in [-0.39, 0.29) is 28.0 Å².